The fourth-order valence-corrected chi connectivity index (χ4v) is 4.43. The van der Waals surface area contributed by atoms with Crippen LogP contribution < -0.4 is 15.1 Å². The summed E-state index contributed by atoms with van der Waals surface area (Å²) in [5.74, 6) is -0.680. The predicted octanol–water partition coefficient (Wildman–Crippen LogP) is 3.85. The number of halogens is 1. The SMILES string of the molecule is COc1ccccc1C1c2c(oc3ccc(F)cc3c2=O)C(=O)N1c1nnc(C)s1. The lowest BCUT2D eigenvalue weighted by atomic mass is 9.98. The van der Waals surface area contributed by atoms with Crippen LogP contribution in [-0.4, -0.2) is 23.2 Å². The lowest BCUT2D eigenvalue weighted by molar-refractivity contribution is 0.0970. The molecule has 4 aromatic rings. The van der Waals surface area contributed by atoms with Gasteiger partial charge in [0, 0.05) is 5.56 Å². The van der Waals surface area contributed by atoms with Crippen LogP contribution in [0.2, 0.25) is 0 Å². The van der Waals surface area contributed by atoms with Crippen molar-refractivity contribution in [3.63, 3.8) is 0 Å². The summed E-state index contributed by atoms with van der Waals surface area (Å²) in [6.45, 7) is 1.77. The van der Waals surface area contributed by atoms with Gasteiger partial charge in [0.1, 0.15) is 28.2 Å². The van der Waals surface area contributed by atoms with Crippen LogP contribution >= 0.6 is 11.3 Å². The molecule has 9 heteroatoms. The number of para-hydroxylation sites is 1. The Morgan fingerprint density at radius 1 is 1.17 bits per heavy atom. The Morgan fingerprint density at radius 2 is 1.97 bits per heavy atom. The zero-order chi connectivity index (χ0) is 21.0. The van der Waals surface area contributed by atoms with E-state index < -0.39 is 23.2 Å². The molecule has 150 valence electrons. The van der Waals surface area contributed by atoms with Crippen LogP contribution in [0, 0.1) is 12.7 Å². The van der Waals surface area contributed by atoms with Gasteiger partial charge in [-0.1, -0.05) is 29.5 Å². The van der Waals surface area contributed by atoms with Gasteiger partial charge in [0.15, 0.2) is 5.43 Å². The van der Waals surface area contributed by atoms with Crippen LogP contribution in [0.1, 0.15) is 32.7 Å². The maximum atomic E-state index is 13.8. The third-order valence-electron chi connectivity index (χ3n) is 4.99. The van der Waals surface area contributed by atoms with E-state index >= 15 is 0 Å². The van der Waals surface area contributed by atoms with E-state index in [0.717, 1.165) is 6.07 Å². The van der Waals surface area contributed by atoms with Crippen molar-refractivity contribution < 1.29 is 18.3 Å². The number of carbonyl (C=O) groups is 1. The molecule has 5 rings (SSSR count). The zero-order valence-electron chi connectivity index (χ0n) is 15.9. The van der Waals surface area contributed by atoms with Crippen molar-refractivity contribution >= 4 is 33.3 Å². The van der Waals surface area contributed by atoms with Gasteiger partial charge in [0.2, 0.25) is 10.9 Å². The van der Waals surface area contributed by atoms with Crippen molar-refractivity contribution in [3.8, 4) is 5.75 Å². The van der Waals surface area contributed by atoms with Gasteiger partial charge in [-0.25, -0.2) is 4.39 Å². The third kappa shape index (κ3) is 2.62. The Bertz CT molecular complexity index is 1380. The number of nitrogens with zero attached hydrogens (tertiary/aromatic N) is 3. The molecule has 0 fully saturated rings. The second-order valence-electron chi connectivity index (χ2n) is 6.74. The molecule has 1 aliphatic heterocycles. The molecule has 1 amide bonds. The van der Waals surface area contributed by atoms with Crippen LogP contribution in [0.15, 0.2) is 51.7 Å². The van der Waals surface area contributed by atoms with Gasteiger partial charge in [0.25, 0.3) is 5.91 Å². The second-order valence-corrected chi connectivity index (χ2v) is 7.90. The molecule has 30 heavy (non-hydrogen) atoms. The van der Waals surface area contributed by atoms with Crippen molar-refractivity contribution in [2.75, 3.05) is 12.0 Å². The van der Waals surface area contributed by atoms with Crippen molar-refractivity contribution in [2.45, 2.75) is 13.0 Å². The van der Waals surface area contributed by atoms with Gasteiger partial charge in [-0.2, -0.15) is 0 Å². The number of fused-ring (bicyclic) bond motifs is 2. The Balaban J connectivity index is 1.86. The zero-order valence-corrected chi connectivity index (χ0v) is 16.7. The molecule has 0 bridgehead atoms. The first-order valence-electron chi connectivity index (χ1n) is 9.02. The molecule has 1 unspecified atom stereocenters. The molecular weight excluding hydrogens is 409 g/mol. The molecule has 0 aliphatic carbocycles. The molecule has 2 aromatic carbocycles. The molecule has 3 heterocycles. The first-order chi connectivity index (χ1) is 14.5. The molecule has 0 saturated heterocycles. The van der Waals surface area contributed by atoms with E-state index in [2.05, 4.69) is 10.2 Å². The maximum Gasteiger partial charge on any atom is 0.297 e. The molecule has 0 N–H and O–H groups in total. The Hall–Kier alpha value is -3.59. The number of aromatic nitrogens is 2. The molecule has 2 aromatic heterocycles. The highest BCUT2D eigenvalue weighted by Gasteiger charge is 2.46. The fourth-order valence-electron chi connectivity index (χ4n) is 3.71. The van der Waals surface area contributed by atoms with E-state index in [1.165, 1.54) is 35.5 Å². The molecule has 1 aliphatic rings. The van der Waals surface area contributed by atoms with Crippen LogP contribution in [0.5, 0.6) is 5.75 Å². The first-order valence-corrected chi connectivity index (χ1v) is 9.84. The highest BCUT2D eigenvalue weighted by Crippen LogP contribution is 2.44. The Morgan fingerprint density at radius 3 is 2.70 bits per heavy atom. The fraction of sp³-hybridized carbons (Fsp3) is 0.143. The minimum atomic E-state index is -0.847. The highest BCUT2D eigenvalue weighted by atomic mass is 32.1. The Labute approximate surface area is 173 Å². The number of ether oxygens (including phenoxy) is 1. The van der Waals surface area contributed by atoms with Gasteiger partial charge in [-0.05, 0) is 31.2 Å². The monoisotopic (exact) mass is 423 g/mol. The minimum absolute atomic E-state index is 0.0664. The lowest BCUT2D eigenvalue weighted by Crippen LogP contribution is -2.29. The molecule has 0 saturated carbocycles. The van der Waals surface area contributed by atoms with Gasteiger partial charge in [0.05, 0.1) is 18.1 Å². The first kappa shape index (κ1) is 18.4. The summed E-state index contributed by atoms with van der Waals surface area (Å²) in [4.78, 5) is 28.2. The van der Waals surface area contributed by atoms with E-state index in [0.29, 0.717) is 21.5 Å². The summed E-state index contributed by atoms with van der Waals surface area (Å²) in [5, 5.41) is 9.17. The van der Waals surface area contributed by atoms with Crippen molar-refractivity contribution in [1.29, 1.82) is 0 Å². The molecule has 1 atom stereocenters. The van der Waals surface area contributed by atoms with Gasteiger partial charge in [-0.3, -0.25) is 14.5 Å². The van der Waals surface area contributed by atoms with Crippen molar-refractivity contribution in [3.05, 3.63) is 80.4 Å². The number of aryl methyl sites for hydroxylation is 1. The van der Waals surface area contributed by atoms with Crippen LogP contribution in [0.3, 0.4) is 0 Å². The summed E-state index contributed by atoms with van der Waals surface area (Å²) in [7, 11) is 1.51. The van der Waals surface area contributed by atoms with E-state index in [1.807, 2.05) is 0 Å². The van der Waals surface area contributed by atoms with Crippen molar-refractivity contribution in [2.24, 2.45) is 0 Å². The van der Waals surface area contributed by atoms with E-state index in [1.54, 1.807) is 31.2 Å². The van der Waals surface area contributed by atoms with Gasteiger partial charge >= 0.3 is 0 Å². The van der Waals surface area contributed by atoms with Gasteiger partial charge in [-0.15, -0.1) is 10.2 Å². The Kier molecular flexibility index (Phi) is 4.14. The summed E-state index contributed by atoms with van der Waals surface area (Å²) >= 11 is 1.22. The normalized spacial score (nSPS) is 15.6. The number of rotatable bonds is 3. The number of hydrogen-bond acceptors (Lipinski definition) is 7. The molecule has 0 spiro atoms. The third-order valence-corrected chi connectivity index (χ3v) is 5.83. The number of carbonyl (C=O) groups excluding carboxylic acids is 1. The second kappa shape index (κ2) is 6.74. The standard InChI is InChI=1S/C21H14FN3O4S/c1-10-23-24-21(30-10)25-17(12-5-3-4-6-14(12)28-2)16-18(26)13-9-11(22)7-8-15(13)29-19(16)20(25)27/h3-9,17H,1-2H3. The van der Waals surface area contributed by atoms with Gasteiger partial charge < -0.3 is 9.15 Å². The number of benzene rings is 2. The molecular formula is C21H14FN3O4S. The quantitative estimate of drug-likeness (QED) is 0.498. The average Bonchev–Trinajstić information content (AvgIpc) is 3.29. The predicted molar refractivity (Wildman–Crippen MR) is 109 cm³/mol. The molecule has 0 radical (unpaired) electrons. The number of anilines is 1. The van der Waals surface area contributed by atoms with Crippen molar-refractivity contribution in [1.82, 2.24) is 10.2 Å². The highest BCUT2D eigenvalue weighted by molar-refractivity contribution is 7.15. The minimum Gasteiger partial charge on any atom is -0.496 e. The maximum absolute atomic E-state index is 13.8. The van der Waals surface area contributed by atoms with Crippen LogP contribution in [0.25, 0.3) is 11.0 Å². The largest absolute Gasteiger partial charge is 0.496 e. The lowest BCUT2D eigenvalue weighted by Gasteiger charge is -2.23. The van der Waals surface area contributed by atoms with Crippen LogP contribution in [-0.2, 0) is 0 Å². The topological polar surface area (TPSA) is 85.5 Å². The molecule has 7 nitrogen and oxygen atoms in total. The summed E-state index contributed by atoms with van der Waals surface area (Å²) < 4.78 is 25.1. The average molecular weight is 423 g/mol. The number of hydrogen-bond donors (Lipinski definition) is 0. The summed E-state index contributed by atoms with van der Waals surface area (Å²) in [6.07, 6.45) is 0. The van der Waals surface area contributed by atoms with Crippen LogP contribution in [0.4, 0.5) is 9.52 Å². The summed E-state index contributed by atoms with van der Waals surface area (Å²) in [5.41, 5.74) is 0.375. The van der Waals surface area contributed by atoms with E-state index in [-0.39, 0.29) is 22.3 Å². The summed E-state index contributed by atoms with van der Waals surface area (Å²) in [6, 6.07) is 9.87. The van der Waals surface area contributed by atoms with E-state index in [9.17, 15) is 14.0 Å². The van der Waals surface area contributed by atoms with E-state index in [4.69, 9.17) is 9.15 Å². The number of methoxy groups -OCH3 is 1. The number of amides is 1. The smallest absolute Gasteiger partial charge is 0.297 e.